The first-order valence-electron chi connectivity index (χ1n) is 4.97. The van der Waals surface area contributed by atoms with Crippen LogP contribution in [-0.2, 0) is 6.54 Å². The van der Waals surface area contributed by atoms with Crippen molar-refractivity contribution in [3.8, 4) is 0 Å². The lowest BCUT2D eigenvalue weighted by Crippen LogP contribution is -2.28. The molecule has 1 heterocycles. The molecule has 0 saturated carbocycles. The number of rotatable bonds is 3. The first kappa shape index (κ1) is 10.4. The Labute approximate surface area is 97.3 Å². The second-order valence-electron chi connectivity index (χ2n) is 3.57. The van der Waals surface area contributed by atoms with E-state index in [1.165, 1.54) is 27.9 Å². The molecule has 0 fully saturated rings. The Morgan fingerprint density at radius 3 is 3.00 bits per heavy atom. The molecule has 1 nitrogen and oxygen atoms in total. The van der Waals surface area contributed by atoms with Gasteiger partial charge in [-0.2, -0.15) is 0 Å². The van der Waals surface area contributed by atoms with Gasteiger partial charge in [0.1, 0.15) is 0 Å². The summed E-state index contributed by atoms with van der Waals surface area (Å²) in [7, 11) is 0. The van der Waals surface area contributed by atoms with Gasteiger partial charge >= 0.3 is 0 Å². The summed E-state index contributed by atoms with van der Waals surface area (Å²) in [6, 6.07) is 4.98. The molecule has 0 amide bonds. The third kappa shape index (κ3) is 2.94. The Morgan fingerprint density at radius 1 is 1.43 bits per heavy atom. The molecule has 1 unspecified atom stereocenters. The van der Waals surface area contributed by atoms with Gasteiger partial charge in [-0.15, -0.1) is 11.3 Å². The zero-order chi connectivity index (χ0) is 9.80. The standard InChI is InChI=1S/C11H14BrNS/c12-11-7-6-10(14-11)8-13-9-4-2-1-3-5-9/h1-2,6-7,9,13H,3-5,8H2. The van der Waals surface area contributed by atoms with Crippen molar-refractivity contribution in [1.82, 2.24) is 5.32 Å². The summed E-state index contributed by atoms with van der Waals surface area (Å²) in [6.45, 7) is 1.01. The van der Waals surface area contributed by atoms with E-state index in [4.69, 9.17) is 0 Å². The van der Waals surface area contributed by atoms with Crippen LogP contribution in [0.1, 0.15) is 24.1 Å². The summed E-state index contributed by atoms with van der Waals surface area (Å²) < 4.78 is 1.22. The third-order valence-electron chi connectivity index (χ3n) is 2.46. The lowest BCUT2D eigenvalue weighted by molar-refractivity contribution is 0.476. The van der Waals surface area contributed by atoms with Crippen molar-refractivity contribution in [3.63, 3.8) is 0 Å². The SMILES string of the molecule is Brc1ccc(CNC2CC=CCC2)s1. The monoisotopic (exact) mass is 271 g/mol. The van der Waals surface area contributed by atoms with Gasteiger partial charge in [-0.05, 0) is 47.3 Å². The number of nitrogens with one attached hydrogen (secondary N) is 1. The van der Waals surface area contributed by atoms with Crippen molar-refractivity contribution in [3.05, 3.63) is 32.9 Å². The largest absolute Gasteiger partial charge is 0.309 e. The summed E-state index contributed by atoms with van der Waals surface area (Å²) in [5.41, 5.74) is 0. The molecule has 3 heteroatoms. The van der Waals surface area contributed by atoms with Gasteiger partial charge in [0.05, 0.1) is 3.79 Å². The molecule has 0 saturated heterocycles. The summed E-state index contributed by atoms with van der Waals surface area (Å²) >= 11 is 5.29. The van der Waals surface area contributed by atoms with Gasteiger partial charge < -0.3 is 5.32 Å². The molecule has 76 valence electrons. The Bertz CT molecular complexity index is 319. The molecular weight excluding hydrogens is 258 g/mol. The van der Waals surface area contributed by atoms with Gasteiger partial charge in [0.15, 0.2) is 0 Å². The molecule has 14 heavy (non-hydrogen) atoms. The second-order valence-corrected chi connectivity index (χ2v) is 6.12. The van der Waals surface area contributed by atoms with E-state index in [0.29, 0.717) is 6.04 Å². The quantitative estimate of drug-likeness (QED) is 0.827. The molecule has 1 aromatic heterocycles. The molecule has 0 aromatic carbocycles. The molecule has 0 spiro atoms. The van der Waals surface area contributed by atoms with Crippen molar-refractivity contribution in [1.29, 1.82) is 0 Å². The molecule has 0 radical (unpaired) electrons. The maximum atomic E-state index is 3.59. The van der Waals surface area contributed by atoms with Crippen molar-refractivity contribution in [2.75, 3.05) is 0 Å². The van der Waals surface area contributed by atoms with Crippen LogP contribution in [0.5, 0.6) is 0 Å². The van der Waals surface area contributed by atoms with Gasteiger partial charge in [-0.25, -0.2) is 0 Å². The smallest absolute Gasteiger partial charge is 0.0701 e. The normalized spacial score (nSPS) is 21.4. The number of thiophene rings is 1. The number of hydrogen-bond donors (Lipinski definition) is 1. The minimum absolute atomic E-state index is 0.681. The molecule has 0 bridgehead atoms. The highest BCUT2D eigenvalue weighted by Gasteiger charge is 2.08. The summed E-state index contributed by atoms with van der Waals surface area (Å²) in [6.07, 6.45) is 8.26. The van der Waals surface area contributed by atoms with Crippen LogP contribution in [0.3, 0.4) is 0 Å². The summed E-state index contributed by atoms with van der Waals surface area (Å²) in [5.74, 6) is 0. The van der Waals surface area contributed by atoms with Crippen molar-refractivity contribution < 1.29 is 0 Å². The average molecular weight is 272 g/mol. The lowest BCUT2D eigenvalue weighted by atomic mass is 10.0. The van der Waals surface area contributed by atoms with E-state index < -0.39 is 0 Å². The maximum absolute atomic E-state index is 3.59. The van der Waals surface area contributed by atoms with Crippen LogP contribution in [0.25, 0.3) is 0 Å². The average Bonchev–Trinajstić information content (AvgIpc) is 2.63. The number of hydrogen-bond acceptors (Lipinski definition) is 2. The molecule has 1 atom stereocenters. The second kappa shape index (κ2) is 5.10. The van der Waals surface area contributed by atoms with E-state index in [2.05, 4.69) is 45.5 Å². The maximum Gasteiger partial charge on any atom is 0.0701 e. The Hall–Kier alpha value is -0.120. The van der Waals surface area contributed by atoms with Gasteiger partial charge in [-0.1, -0.05) is 12.2 Å². The zero-order valence-corrected chi connectivity index (χ0v) is 10.4. The van der Waals surface area contributed by atoms with Crippen LogP contribution in [0.4, 0.5) is 0 Å². The molecule has 1 aliphatic rings. The first-order valence-corrected chi connectivity index (χ1v) is 6.58. The van der Waals surface area contributed by atoms with E-state index in [1.807, 2.05) is 11.3 Å². The van der Waals surface area contributed by atoms with Crippen LogP contribution in [0.15, 0.2) is 28.1 Å². The van der Waals surface area contributed by atoms with Crippen molar-refractivity contribution in [2.45, 2.75) is 31.8 Å². The van der Waals surface area contributed by atoms with E-state index in [1.54, 1.807) is 0 Å². The van der Waals surface area contributed by atoms with Crippen LogP contribution < -0.4 is 5.32 Å². The molecule has 0 aliphatic heterocycles. The van der Waals surface area contributed by atoms with Gasteiger partial charge in [0.25, 0.3) is 0 Å². The first-order chi connectivity index (χ1) is 6.84. The van der Waals surface area contributed by atoms with Crippen molar-refractivity contribution >= 4 is 27.3 Å². The molecule has 2 rings (SSSR count). The van der Waals surface area contributed by atoms with E-state index >= 15 is 0 Å². The minimum atomic E-state index is 0.681. The third-order valence-corrected chi connectivity index (χ3v) is 4.09. The number of allylic oxidation sites excluding steroid dienone is 1. The summed E-state index contributed by atoms with van der Waals surface area (Å²) in [5, 5.41) is 3.59. The van der Waals surface area contributed by atoms with E-state index in [-0.39, 0.29) is 0 Å². The zero-order valence-electron chi connectivity index (χ0n) is 8.00. The lowest BCUT2D eigenvalue weighted by Gasteiger charge is -2.18. The van der Waals surface area contributed by atoms with E-state index in [9.17, 15) is 0 Å². The predicted molar refractivity (Wildman–Crippen MR) is 65.6 cm³/mol. The van der Waals surface area contributed by atoms with Crippen LogP contribution >= 0.6 is 27.3 Å². The Kier molecular flexibility index (Phi) is 3.79. The fraction of sp³-hybridized carbons (Fsp3) is 0.455. The molecule has 1 aliphatic carbocycles. The summed E-state index contributed by atoms with van der Waals surface area (Å²) in [4.78, 5) is 1.41. The topological polar surface area (TPSA) is 12.0 Å². The van der Waals surface area contributed by atoms with Gasteiger partial charge in [-0.3, -0.25) is 0 Å². The molecule has 1 N–H and O–H groups in total. The van der Waals surface area contributed by atoms with Gasteiger partial charge in [0, 0.05) is 17.5 Å². The van der Waals surface area contributed by atoms with Crippen LogP contribution in [-0.4, -0.2) is 6.04 Å². The fourth-order valence-corrected chi connectivity index (χ4v) is 3.10. The highest BCUT2D eigenvalue weighted by atomic mass is 79.9. The molecule has 1 aromatic rings. The van der Waals surface area contributed by atoms with Crippen LogP contribution in [0.2, 0.25) is 0 Å². The Morgan fingerprint density at radius 2 is 2.36 bits per heavy atom. The highest BCUT2D eigenvalue weighted by Crippen LogP contribution is 2.22. The number of halogens is 1. The highest BCUT2D eigenvalue weighted by molar-refractivity contribution is 9.11. The Balaban J connectivity index is 1.79. The minimum Gasteiger partial charge on any atom is -0.309 e. The van der Waals surface area contributed by atoms with Gasteiger partial charge in [0.2, 0.25) is 0 Å². The van der Waals surface area contributed by atoms with Crippen LogP contribution in [0, 0.1) is 0 Å². The molecular formula is C11H14BrNS. The van der Waals surface area contributed by atoms with Crippen molar-refractivity contribution in [2.24, 2.45) is 0 Å². The predicted octanol–water partition coefficient (Wildman–Crippen LogP) is 3.71. The van der Waals surface area contributed by atoms with E-state index in [0.717, 1.165) is 6.54 Å². The fourth-order valence-electron chi connectivity index (χ4n) is 1.67.